The SMILES string of the molecule is FC(F)(F)C(F)(F)COc1cnccn1. The molecule has 0 amide bonds. The maximum Gasteiger partial charge on any atom is 0.456 e. The van der Waals surface area contributed by atoms with Gasteiger partial charge in [-0.2, -0.15) is 22.0 Å². The van der Waals surface area contributed by atoms with Crippen molar-refractivity contribution in [2.45, 2.75) is 12.1 Å². The molecule has 3 nitrogen and oxygen atoms in total. The number of aromatic nitrogens is 2. The van der Waals surface area contributed by atoms with Gasteiger partial charge in [-0.25, -0.2) is 4.98 Å². The van der Waals surface area contributed by atoms with E-state index in [4.69, 9.17) is 0 Å². The van der Waals surface area contributed by atoms with Crippen LogP contribution in [0.4, 0.5) is 22.0 Å². The molecule has 84 valence electrons. The van der Waals surface area contributed by atoms with E-state index < -0.39 is 18.7 Å². The molecule has 0 spiro atoms. The lowest BCUT2D eigenvalue weighted by Gasteiger charge is -2.19. The van der Waals surface area contributed by atoms with Gasteiger partial charge in [-0.05, 0) is 0 Å². The van der Waals surface area contributed by atoms with Crippen molar-refractivity contribution < 1.29 is 26.7 Å². The summed E-state index contributed by atoms with van der Waals surface area (Å²) in [5.41, 5.74) is 0. The van der Waals surface area contributed by atoms with Crippen LogP contribution in [0, 0.1) is 0 Å². The summed E-state index contributed by atoms with van der Waals surface area (Å²) in [6, 6.07) is 0. The molecular weight excluding hydrogens is 223 g/mol. The summed E-state index contributed by atoms with van der Waals surface area (Å²) in [5.74, 6) is -5.29. The Balaban J connectivity index is 2.58. The number of hydrogen-bond donors (Lipinski definition) is 0. The molecule has 0 saturated heterocycles. The Morgan fingerprint density at radius 3 is 2.27 bits per heavy atom. The Bertz CT molecular complexity index is 313. The first-order chi connectivity index (χ1) is 6.83. The number of alkyl halides is 5. The van der Waals surface area contributed by atoms with Crippen LogP contribution in [0.1, 0.15) is 0 Å². The molecule has 15 heavy (non-hydrogen) atoms. The van der Waals surface area contributed by atoms with Gasteiger partial charge in [-0.1, -0.05) is 0 Å². The van der Waals surface area contributed by atoms with E-state index in [1.54, 1.807) is 0 Å². The third kappa shape index (κ3) is 3.00. The van der Waals surface area contributed by atoms with E-state index in [0.717, 1.165) is 12.4 Å². The van der Waals surface area contributed by atoms with E-state index in [0.29, 0.717) is 0 Å². The van der Waals surface area contributed by atoms with Gasteiger partial charge in [0.25, 0.3) is 0 Å². The maximum atomic E-state index is 12.3. The van der Waals surface area contributed by atoms with Crippen molar-refractivity contribution in [1.82, 2.24) is 9.97 Å². The quantitative estimate of drug-likeness (QED) is 0.742. The van der Waals surface area contributed by atoms with Crippen LogP contribution >= 0.6 is 0 Å². The number of hydrogen-bond acceptors (Lipinski definition) is 3. The van der Waals surface area contributed by atoms with E-state index in [9.17, 15) is 22.0 Å². The molecule has 0 aliphatic carbocycles. The molecule has 1 heterocycles. The van der Waals surface area contributed by atoms with Crippen molar-refractivity contribution in [2.24, 2.45) is 0 Å². The number of ether oxygens (including phenoxy) is 1. The molecule has 0 saturated carbocycles. The molecule has 0 radical (unpaired) electrons. The molecule has 0 N–H and O–H groups in total. The van der Waals surface area contributed by atoms with Crippen LogP contribution in [0.5, 0.6) is 5.88 Å². The third-order valence-electron chi connectivity index (χ3n) is 1.36. The zero-order valence-corrected chi connectivity index (χ0v) is 7.13. The molecule has 0 aliphatic heterocycles. The fourth-order valence-corrected chi connectivity index (χ4v) is 0.606. The Labute approximate surface area is 80.9 Å². The van der Waals surface area contributed by atoms with Crippen molar-refractivity contribution >= 4 is 0 Å². The monoisotopic (exact) mass is 228 g/mol. The predicted molar refractivity (Wildman–Crippen MR) is 38.5 cm³/mol. The molecular formula is C7H5F5N2O. The summed E-state index contributed by atoms with van der Waals surface area (Å²) >= 11 is 0. The van der Waals surface area contributed by atoms with Gasteiger partial charge in [0.05, 0.1) is 6.20 Å². The lowest BCUT2D eigenvalue weighted by atomic mass is 10.3. The molecule has 0 bridgehead atoms. The highest BCUT2D eigenvalue weighted by atomic mass is 19.4. The predicted octanol–water partition coefficient (Wildman–Crippen LogP) is 2.05. The van der Waals surface area contributed by atoms with Gasteiger partial charge in [-0.15, -0.1) is 0 Å². The lowest BCUT2D eigenvalue weighted by Crippen LogP contribution is -2.41. The first-order valence-electron chi connectivity index (χ1n) is 3.66. The second-order valence-electron chi connectivity index (χ2n) is 2.53. The van der Waals surface area contributed by atoms with Crippen molar-refractivity contribution in [2.75, 3.05) is 6.61 Å². The number of nitrogens with zero attached hydrogens (tertiary/aromatic N) is 2. The van der Waals surface area contributed by atoms with Gasteiger partial charge in [0.1, 0.15) is 0 Å². The molecule has 1 aromatic rings. The Hall–Kier alpha value is -1.47. The highest BCUT2D eigenvalue weighted by Gasteiger charge is 2.58. The number of halogens is 5. The van der Waals surface area contributed by atoms with Crippen molar-refractivity contribution in [3.8, 4) is 5.88 Å². The lowest BCUT2D eigenvalue weighted by molar-refractivity contribution is -0.290. The minimum atomic E-state index is -5.63. The largest absolute Gasteiger partial charge is 0.470 e. The van der Waals surface area contributed by atoms with E-state index >= 15 is 0 Å². The summed E-state index contributed by atoms with van der Waals surface area (Å²) < 4.78 is 63.8. The topological polar surface area (TPSA) is 35.0 Å². The van der Waals surface area contributed by atoms with Gasteiger partial charge < -0.3 is 4.74 Å². The molecule has 0 aliphatic rings. The third-order valence-corrected chi connectivity index (χ3v) is 1.36. The normalized spacial score (nSPS) is 12.6. The first kappa shape index (κ1) is 11.6. The van der Waals surface area contributed by atoms with Crippen LogP contribution in [0.2, 0.25) is 0 Å². The number of rotatable bonds is 3. The average Bonchev–Trinajstić information content (AvgIpc) is 2.15. The van der Waals surface area contributed by atoms with Gasteiger partial charge in [0.15, 0.2) is 6.61 Å². The van der Waals surface area contributed by atoms with Crippen LogP contribution in [-0.4, -0.2) is 28.7 Å². The van der Waals surface area contributed by atoms with Crippen LogP contribution in [0.15, 0.2) is 18.6 Å². The highest BCUT2D eigenvalue weighted by Crippen LogP contribution is 2.35. The van der Waals surface area contributed by atoms with Gasteiger partial charge in [0.2, 0.25) is 5.88 Å². The highest BCUT2D eigenvalue weighted by molar-refractivity contribution is 5.01. The Morgan fingerprint density at radius 2 is 1.80 bits per heavy atom. The summed E-state index contributed by atoms with van der Waals surface area (Å²) in [5, 5.41) is 0. The summed E-state index contributed by atoms with van der Waals surface area (Å²) in [6.07, 6.45) is -2.35. The van der Waals surface area contributed by atoms with Gasteiger partial charge >= 0.3 is 12.1 Å². The average molecular weight is 228 g/mol. The smallest absolute Gasteiger partial charge is 0.456 e. The minimum Gasteiger partial charge on any atom is -0.470 e. The molecule has 0 atom stereocenters. The fraction of sp³-hybridized carbons (Fsp3) is 0.429. The maximum absolute atomic E-state index is 12.3. The minimum absolute atomic E-state index is 0.388. The van der Waals surface area contributed by atoms with Crippen LogP contribution in [0.3, 0.4) is 0 Å². The standard InChI is InChI=1S/C7H5F5N2O/c8-6(9,7(10,11)12)4-15-5-3-13-1-2-14-5/h1-3H,4H2. The van der Waals surface area contributed by atoms with Crippen molar-refractivity contribution in [3.63, 3.8) is 0 Å². The molecule has 0 fully saturated rings. The molecule has 1 rings (SSSR count). The van der Waals surface area contributed by atoms with E-state index in [1.807, 2.05) is 0 Å². The van der Waals surface area contributed by atoms with E-state index in [-0.39, 0.29) is 5.88 Å². The van der Waals surface area contributed by atoms with Crippen molar-refractivity contribution in [1.29, 1.82) is 0 Å². The zero-order valence-electron chi connectivity index (χ0n) is 7.13. The Morgan fingerprint density at radius 1 is 1.13 bits per heavy atom. The fourth-order valence-electron chi connectivity index (χ4n) is 0.606. The second kappa shape index (κ2) is 3.95. The molecule has 1 aromatic heterocycles. The zero-order chi connectivity index (χ0) is 11.5. The van der Waals surface area contributed by atoms with Crippen LogP contribution in [-0.2, 0) is 0 Å². The second-order valence-corrected chi connectivity index (χ2v) is 2.53. The molecule has 0 unspecified atom stereocenters. The first-order valence-corrected chi connectivity index (χ1v) is 3.66. The Kier molecular flexibility index (Phi) is 3.06. The van der Waals surface area contributed by atoms with E-state index in [2.05, 4.69) is 14.7 Å². The van der Waals surface area contributed by atoms with E-state index in [1.165, 1.54) is 6.20 Å². The van der Waals surface area contributed by atoms with Gasteiger partial charge in [0, 0.05) is 12.4 Å². The van der Waals surface area contributed by atoms with Crippen LogP contribution in [0.25, 0.3) is 0 Å². The summed E-state index contributed by atoms with van der Waals surface area (Å²) in [4.78, 5) is 6.81. The summed E-state index contributed by atoms with van der Waals surface area (Å²) in [7, 11) is 0. The molecule has 8 heteroatoms. The van der Waals surface area contributed by atoms with Crippen LogP contribution < -0.4 is 4.74 Å². The van der Waals surface area contributed by atoms with Crippen molar-refractivity contribution in [3.05, 3.63) is 18.6 Å². The van der Waals surface area contributed by atoms with Gasteiger partial charge in [-0.3, -0.25) is 4.98 Å². The molecule has 0 aromatic carbocycles. The summed E-state index contributed by atoms with van der Waals surface area (Å²) in [6.45, 7) is -1.81.